The molecule has 1 unspecified atom stereocenters. The van der Waals surface area contributed by atoms with E-state index in [1.807, 2.05) is 38.4 Å². The van der Waals surface area contributed by atoms with Crippen LogP contribution in [0.2, 0.25) is 0 Å². The molecule has 0 amide bonds. The number of halogens is 6. The molecule has 2 aromatic rings. The van der Waals surface area contributed by atoms with E-state index in [-0.39, 0.29) is 0 Å². The van der Waals surface area contributed by atoms with Gasteiger partial charge in [-0.2, -0.15) is 0 Å². The molecule has 5 nitrogen and oxygen atoms in total. The van der Waals surface area contributed by atoms with E-state index in [4.69, 9.17) is 0 Å². The van der Waals surface area contributed by atoms with E-state index in [0.29, 0.717) is 0 Å². The number of hydrogen-bond acceptors (Lipinski definition) is 4. The summed E-state index contributed by atoms with van der Waals surface area (Å²) in [5.74, 6) is 0. The Balaban J connectivity index is 0.000000270. The van der Waals surface area contributed by atoms with Crippen molar-refractivity contribution >= 4 is 27.3 Å². The van der Waals surface area contributed by atoms with Crippen molar-refractivity contribution in [2.24, 2.45) is 0 Å². The molecule has 1 aromatic carbocycles. The van der Waals surface area contributed by atoms with Crippen LogP contribution in [0.5, 0.6) is 0 Å². The van der Waals surface area contributed by atoms with Crippen molar-refractivity contribution in [3.05, 3.63) is 24.3 Å². The molecule has 0 aliphatic carbocycles. The van der Waals surface area contributed by atoms with E-state index >= 15 is 0 Å². The quantitative estimate of drug-likeness (QED) is 0.648. The van der Waals surface area contributed by atoms with E-state index in [2.05, 4.69) is 10.3 Å². The first-order valence-corrected chi connectivity index (χ1v) is 8.62. The first kappa shape index (κ1) is 18.0. The van der Waals surface area contributed by atoms with E-state index in [1.165, 1.54) is 0 Å². The Hall–Kier alpha value is -1.02. The zero-order valence-corrected chi connectivity index (χ0v) is 12.7. The molecule has 0 saturated carbocycles. The van der Waals surface area contributed by atoms with Crippen LogP contribution in [0.3, 0.4) is 0 Å². The normalized spacial score (nSPS) is 16.9. The fraction of sp³-hybridized carbons (Fsp3) is 0.250. The van der Waals surface area contributed by atoms with Gasteiger partial charge in [0.1, 0.15) is 11.0 Å². The molecule has 0 aliphatic heterocycles. The predicted octanol–water partition coefficient (Wildman–Crippen LogP) is 4.17. The van der Waals surface area contributed by atoms with Crippen LogP contribution >= 0.6 is 16.3 Å². The SMILES string of the molecule is CN(C)[PH+](O)n1nnc2ccccc21.F[P-](F)(F)(F)(F)F. The number of aromatic nitrogens is 3. The van der Waals surface area contributed by atoms with Crippen LogP contribution in [0.25, 0.3) is 11.0 Å². The Labute approximate surface area is 116 Å². The molecule has 13 heteroatoms. The zero-order valence-electron chi connectivity index (χ0n) is 10.8. The molecule has 1 atom stereocenters. The Kier molecular flexibility index (Phi) is 4.31. The van der Waals surface area contributed by atoms with Crippen molar-refractivity contribution in [2.45, 2.75) is 0 Å². The van der Waals surface area contributed by atoms with Crippen LogP contribution < -0.4 is 0 Å². The molecule has 0 saturated heterocycles. The summed E-state index contributed by atoms with van der Waals surface area (Å²) in [6.07, 6.45) is 0. The summed E-state index contributed by atoms with van der Waals surface area (Å²) in [4.78, 5) is 9.87. The van der Waals surface area contributed by atoms with Gasteiger partial charge in [0.05, 0.1) is 0 Å². The third-order valence-corrected chi connectivity index (χ3v) is 3.45. The molecule has 21 heavy (non-hydrogen) atoms. The number of hydrogen-bond donors (Lipinski definition) is 1. The van der Waals surface area contributed by atoms with Gasteiger partial charge in [-0.3, -0.25) is 0 Å². The fourth-order valence-corrected chi connectivity index (χ4v) is 2.11. The van der Waals surface area contributed by atoms with Crippen LogP contribution in [0.15, 0.2) is 24.3 Å². The maximum atomic E-state index is 9.87. The van der Waals surface area contributed by atoms with Crippen LogP contribution in [0, 0.1) is 0 Å². The van der Waals surface area contributed by atoms with Gasteiger partial charge in [0.25, 0.3) is 0 Å². The molecule has 0 spiro atoms. The Morgan fingerprint density at radius 2 is 1.57 bits per heavy atom. The molecule has 0 fully saturated rings. The minimum absolute atomic E-state index is 0.811. The van der Waals surface area contributed by atoms with Crippen LogP contribution in [0.4, 0.5) is 25.2 Å². The van der Waals surface area contributed by atoms with Crippen molar-refractivity contribution in [1.82, 2.24) is 19.4 Å². The first-order valence-electron chi connectivity index (χ1n) is 5.25. The monoisotopic (exact) mass is 356 g/mol. The van der Waals surface area contributed by atoms with Gasteiger partial charge in [-0.05, 0) is 17.3 Å². The van der Waals surface area contributed by atoms with Gasteiger partial charge in [0.2, 0.25) is 0 Å². The summed E-state index contributed by atoms with van der Waals surface area (Å²) >= 11 is 0. The molecule has 0 bridgehead atoms. The third kappa shape index (κ3) is 7.52. The van der Waals surface area contributed by atoms with Crippen molar-refractivity contribution < 1.29 is 30.1 Å². The Morgan fingerprint density at radius 3 is 2.05 bits per heavy atom. The van der Waals surface area contributed by atoms with Crippen LogP contribution in [0.1, 0.15) is 0 Å². The molecule has 1 N–H and O–H groups in total. The summed E-state index contributed by atoms with van der Waals surface area (Å²) in [6, 6.07) is 7.59. The molecular weight excluding hydrogens is 344 g/mol. The predicted molar refractivity (Wildman–Crippen MR) is 70.7 cm³/mol. The van der Waals surface area contributed by atoms with Gasteiger partial charge in [0.15, 0.2) is 0 Å². The summed E-state index contributed by atoms with van der Waals surface area (Å²) in [5, 5.41) is 7.91. The molecule has 1 aromatic heterocycles. The molecule has 2 rings (SSSR count). The Bertz CT molecular complexity index is 616. The van der Waals surface area contributed by atoms with Gasteiger partial charge in [0, 0.05) is 14.1 Å². The number of nitrogens with zero attached hydrogens (tertiary/aromatic N) is 4. The van der Waals surface area contributed by atoms with Crippen molar-refractivity contribution in [1.29, 1.82) is 0 Å². The van der Waals surface area contributed by atoms with E-state index in [1.54, 1.807) is 9.12 Å². The maximum absolute atomic E-state index is 10.7. The minimum atomic E-state index is -10.7. The van der Waals surface area contributed by atoms with Gasteiger partial charge < -0.3 is 0 Å². The molecule has 0 aliphatic rings. The molecule has 122 valence electrons. The molecular formula is C8H12F6N4OP2. The second kappa shape index (κ2) is 5.01. The van der Waals surface area contributed by atoms with Crippen LogP contribution in [-0.4, -0.2) is 38.4 Å². The number of para-hydroxylation sites is 1. The summed E-state index contributed by atoms with van der Waals surface area (Å²) in [5.41, 5.74) is 1.68. The standard InChI is InChI=1S/C8H11N4OP.F6P/c1-11(2)14(13)12-8-6-4-3-5-7(8)9-10-12;1-7(2,3,4,5)6/h3-6,13H,1-2H3;/q;-1/p+1. The first-order chi connectivity index (χ1) is 9.15. The number of fused-ring (bicyclic) bond motifs is 1. The van der Waals surface area contributed by atoms with Crippen molar-refractivity contribution in [3.8, 4) is 0 Å². The van der Waals surface area contributed by atoms with Gasteiger partial charge >= 0.3 is 41.4 Å². The fourth-order valence-electron chi connectivity index (χ4n) is 1.21. The van der Waals surface area contributed by atoms with Crippen LogP contribution in [-0.2, 0) is 0 Å². The molecule has 1 heterocycles. The summed E-state index contributed by atoms with van der Waals surface area (Å²) in [6.45, 7) is 0. The average Bonchev–Trinajstić information content (AvgIpc) is 2.67. The van der Waals surface area contributed by atoms with E-state index in [0.717, 1.165) is 11.0 Å². The van der Waals surface area contributed by atoms with Crippen molar-refractivity contribution in [2.75, 3.05) is 14.1 Å². The van der Waals surface area contributed by atoms with Gasteiger partial charge in [-0.25, -0.2) is 4.89 Å². The number of rotatable bonds is 2. The Morgan fingerprint density at radius 1 is 1.10 bits per heavy atom. The number of benzene rings is 1. The zero-order chi connectivity index (χ0) is 16.5. The second-order valence-electron chi connectivity index (χ2n) is 4.14. The van der Waals surface area contributed by atoms with E-state index in [9.17, 15) is 30.1 Å². The third-order valence-electron chi connectivity index (χ3n) is 1.94. The summed E-state index contributed by atoms with van der Waals surface area (Å²) < 4.78 is 62.5. The van der Waals surface area contributed by atoms with E-state index < -0.39 is 16.3 Å². The topological polar surface area (TPSA) is 54.2 Å². The summed E-state index contributed by atoms with van der Waals surface area (Å²) in [7, 11) is -8.80. The van der Waals surface area contributed by atoms with Gasteiger partial charge in [-0.15, -0.1) is 9.77 Å². The van der Waals surface area contributed by atoms with Gasteiger partial charge in [-0.1, -0.05) is 16.6 Å². The van der Waals surface area contributed by atoms with Crippen molar-refractivity contribution in [3.63, 3.8) is 0 Å². The second-order valence-corrected chi connectivity index (χ2v) is 7.98. The molecule has 0 radical (unpaired) electrons. The average molecular weight is 356 g/mol.